The van der Waals surface area contributed by atoms with Gasteiger partial charge in [-0.05, 0) is 35.7 Å². The van der Waals surface area contributed by atoms with E-state index in [-0.39, 0.29) is 29.9 Å². The van der Waals surface area contributed by atoms with Gasteiger partial charge >= 0.3 is 0 Å². The topological polar surface area (TPSA) is 87.3 Å². The third kappa shape index (κ3) is 4.67. The second-order valence-corrected chi connectivity index (χ2v) is 12.4. The van der Waals surface area contributed by atoms with Crippen molar-refractivity contribution in [2.24, 2.45) is 7.05 Å². The van der Waals surface area contributed by atoms with E-state index in [9.17, 15) is 9.18 Å². The summed E-state index contributed by atoms with van der Waals surface area (Å²) in [7, 11) is 1.89. The molecular weight excluding hydrogens is 610 g/mol. The first-order valence-electron chi connectivity index (χ1n) is 14.9. The van der Waals surface area contributed by atoms with Crippen LogP contribution in [0.1, 0.15) is 12.1 Å². The lowest BCUT2D eigenvalue weighted by Crippen LogP contribution is -2.48. The van der Waals surface area contributed by atoms with E-state index >= 15 is 4.39 Å². The smallest absolute Gasteiger partial charge is 0.246 e. The number of pyridine rings is 1. The second-order valence-electron chi connectivity index (χ2n) is 11.5. The van der Waals surface area contributed by atoms with Gasteiger partial charge in [-0.1, -0.05) is 12.6 Å². The van der Waals surface area contributed by atoms with Gasteiger partial charge in [-0.25, -0.2) is 13.8 Å². The summed E-state index contributed by atoms with van der Waals surface area (Å²) in [5, 5.41) is 13.1. The number of halogens is 2. The number of rotatable bonds is 2. The molecule has 0 radical (unpaired) electrons. The summed E-state index contributed by atoms with van der Waals surface area (Å²) < 4.78 is 47.2. The SMILES string of the molecule is C=CC(=O)N1Cc2cc3nn2CC1COCCCOc1cc(F)cc(F)c1-c1c-3nc(-c2ccc3c(cnn3C)c2)c2ccsc12. The zero-order valence-corrected chi connectivity index (χ0v) is 25.7. The average molecular weight is 639 g/mol. The van der Waals surface area contributed by atoms with Gasteiger partial charge in [0.1, 0.15) is 28.8 Å². The third-order valence-corrected chi connectivity index (χ3v) is 9.55. The summed E-state index contributed by atoms with van der Waals surface area (Å²) in [6, 6.07) is 11.7. The van der Waals surface area contributed by atoms with Crippen LogP contribution in [0.4, 0.5) is 8.78 Å². The summed E-state index contributed by atoms with van der Waals surface area (Å²) in [5.74, 6) is -1.61. The summed E-state index contributed by atoms with van der Waals surface area (Å²) in [5.41, 5.74) is 4.86. The Balaban J connectivity index is 1.41. The first-order chi connectivity index (χ1) is 22.4. The van der Waals surface area contributed by atoms with E-state index in [1.54, 1.807) is 4.90 Å². The Bertz CT molecular complexity index is 2190. The molecule has 6 heterocycles. The number of thiophene rings is 1. The predicted molar refractivity (Wildman–Crippen MR) is 171 cm³/mol. The Kier molecular flexibility index (Phi) is 6.91. The highest BCUT2D eigenvalue weighted by atomic mass is 32.1. The lowest BCUT2D eigenvalue weighted by atomic mass is 9.96. The van der Waals surface area contributed by atoms with Crippen LogP contribution in [0.2, 0.25) is 0 Å². The molecule has 4 aromatic heterocycles. The van der Waals surface area contributed by atoms with Crippen molar-refractivity contribution in [2.75, 3.05) is 19.8 Å². The molecule has 0 N–H and O–H groups in total. The molecule has 46 heavy (non-hydrogen) atoms. The molecule has 0 aliphatic carbocycles. The fourth-order valence-corrected chi connectivity index (χ4v) is 7.37. The average Bonchev–Trinajstić information content (AvgIpc) is 3.79. The van der Waals surface area contributed by atoms with E-state index in [1.807, 2.05) is 58.3 Å². The summed E-state index contributed by atoms with van der Waals surface area (Å²) in [6.07, 6.45) is 3.59. The first-order valence-corrected chi connectivity index (χ1v) is 15.8. The molecule has 0 fully saturated rings. The Morgan fingerprint density at radius 3 is 2.87 bits per heavy atom. The molecule has 6 aromatic rings. The van der Waals surface area contributed by atoms with E-state index in [1.165, 1.54) is 23.5 Å². The van der Waals surface area contributed by atoms with Crippen LogP contribution in [0.25, 0.3) is 54.8 Å². The van der Waals surface area contributed by atoms with Crippen LogP contribution >= 0.6 is 11.3 Å². The number of benzene rings is 2. The minimum atomic E-state index is -0.760. The fraction of sp³-hybridized carbons (Fsp3) is 0.235. The zero-order chi connectivity index (χ0) is 31.5. The second kappa shape index (κ2) is 11.1. The quantitative estimate of drug-likeness (QED) is 0.205. The van der Waals surface area contributed by atoms with Crippen LogP contribution in [0.15, 0.2) is 66.7 Å². The highest BCUT2D eigenvalue weighted by Gasteiger charge is 2.32. The number of carbonyl (C=O) groups excluding carboxylic acids is 1. The zero-order valence-electron chi connectivity index (χ0n) is 24.9. The van der Waals surface area contributed by atoms with Gasteiger partial charge in [-0.2, -0.15) is 10.2 Å². The minimum Gasteiger partial charge on any atom is -0.493 e. The van der Waals surface area contributed by atoms with Crippen LogP contribution in [-0.2, 0) is 29.7 Å². The molecule has 0 saturated carbocycles. The number of carbonyl (C=O) groups is 1. The number of amides is 1. The van der Waals surface area contributed by atoms with Crippen molar-refractivity contribution in [2.45, 2.75) is 25.6 Å². The van der Waals surface area contributed by atoms with Gasteiger partial charge in [0, 0.05) is 58.8 Å². The Labute approximate surface area is 266 Å². The fourth-order valence-electron chi connectivity index (χ4n) is 6.42. The maximum Gasteiger partial charge on any atom is 0.246 e. The highest BCUT2D eigenvalue weighted by molar-refractivity contribution is 7.18. The molecular formula is C34H28F2N6O3S. The molecule has 3 bridgehead atoms. The van der Waals surface area contributed by atoms with Gasteiger partial charge in [0.2, 0.25) is 5.91 Å². The Hall–Kier alpha value is -4.94. The Morgan fingerprint density at radius 1 is 1.11 bits per heavy atom. The number of aryl methyl sites for hydroxylation is 1. The van der Waals surface area contributed by atoms with Crippen LogP contribution in [0.3, 0.4) is 0 Å². The molecule has 1 unspecified atom stereocenters. The van der Waals surface area contributed by atoms with Crippen molar-refractivity contribution in [1.82, 2.24) is 29.4 Å². The van der Waals surface area contributed by atoms with E-state index in [0.717, 1.165) is 38.3 Å². The molecule has 8 rings (SSSR count). The standard InChI is InChI=1S/C34H28F2N6O3S/c1-3-29(43)41-16-22-14-26-33-31(34-24(7-10-46-34)32(38-33)19-5-6-27-20(11-19)15-37-40(27)2)30-25(36)12-21(35)13-28(30)45-9-4-8-44-18-23(41)17-42(22)39-26/h3,5-7,10-15,23H,1,4,8-9,16-18H2,2H3. The predicted octanol–water partition coefficient (Wildman–Crippen LogP) is 6.35. The Morgan fingerprint density at radius 2 is 2.00 bits per heavy atom. The summed E-state index contributed by atoms with van der Waals surface area (Å²) in [6.45, 7) is 5.20. The van der Waals surface area contributed by atoms with Gasteiger partial charge in [0.15, 0.2) is 0 Å². The molecule has 1 amide bonds. The lowest BCUT2D eigenvalue weighted by molar-refractivity contribution is -0.132. The van der Waals surface area contributed by atoms with Crippen molar-refractivity contribution in [3.8, 4) is 39.5 Å². The van der Waals surface area contributed by atoms with Crippen LogP contribution in [0, 0.1) is 11.6 Å². The van der Waals surface area contributed by atoms with E-state index in [4.69, 9.17) is 19.6 Å². The van der Waals surface area contributed by atoms with Gasteiger partial charge in [-0.15, -0.1) is 11.3 Å². The number of fused-ring (bicyclic) bond motifs is 9. The van der Waals surface area contributed by atoms with Gasteiger partial charge < -0.3 is 14.4 Å². The van der Waals surface area contributed by atoms with E-state index in [0.29, 0.717) is 55.4 Å². The molecule has 232 valence electrons. The van der Waals surface area contributed by atoms with Crippen molar-refractivity contribution in [1.29, 1.82) is 0 Å². The molecule has 12 heteroatoms. The van der Waals surface area contributed by atoms with Gasteiger partial charge in [-0.3, -0.25) is 14.2 Å². The summed E-state index contributed by atoms with van der Waals surface area (Å²) in [4.78, 5) is 19.8. The number of hydrogen-bond acceptors (Lipinski definition) is 7. The maximum atomic E-state index is 16.1. The molecule has 0 saturated heterocycles. The third-order valence-electron chi connectivity index (χ3n) is 8.62. The van der Waals surface area contributed by atoms with E-state index < -0.39 is 11.6 Å². The lowest BCUT2D eigenvalue weighted by Gasteiger charge is -2.35. The van der Waals surface area contributed by atoms with Crippen molar-refractivity contribution in [3.63, 3.8) is 0 Å². The highest BCUT2D eigenvalue weighted by Crippen LogP contribution is 2.47. The molecule has 0 spiro atoms. The molecule has 2 aliphatic heterocycles. The molecule has 2 aliphatic rings. The van der Waals surface area contributed by atoms with Crippen molar-refractivity contribution < 1.29 is 23.0 Å². The number of nitrogens with zero attached hydrogens (tertiary/aromatic N) is 6. The largest absolute Gasteiger partial charge is 0.493 e. The first kappa shape index (κ1) is 28.5. The minimum absolute atomic E-state index is 0.0852. The van der Waals surface area contributed by atoms with Crippen molar-refractivity contribution >= 4 is 38.2 Å². The molecule has 9 nitrogen and oxygen atoms in total. The van der Waals surface area contributed by atoms with Crippen LogP contribution in [0.5, 0.6) is 5.75 Å². The van der Waals surface area contributed by atoms with Gasteiger partial charge in [0.05, 0.1) is 61.0 Å². The summed E-state index contributed by atoms with van der Waals surface area (Å²) >= 11 is 1.45. The van der Waals surface area contributed by atoms with Gasteiger partial charge in [0.25, 0.3) is 0 Å². The normalized spacial score (nSPS) is 16.5. The van der Waals surface area contributed by atoms with E-state index in [2.05, 4.69) is 11.7 Å². The van der Waals surface area contributed by atoms with Crippen LogP contribution in [-0.4, -0.2) is 61.2 Å². The maximum absolute atomic E-state index is 16.1. The number of ether oxygens (including phenoxy) is 2. The van der Waals surface area contributed by atoms with Crippen molar-refractivity contribution in [3.05, 3.63) is 84.0 Å². The number of hydrogen-bond donors (Lipinski definition) is 0. The number of aromatic nitrogens is 5. The van der Waals surface area contributed by atoms with Crippen LogP contribution < -0.4 is 4.74 Å². The molecule has 2 aromatic carbocycles. The molecule has 1 atom stereocenters. The monoisotopic (exact) mass is 638 g/mol.